The number of hydrogen-bond donors (Lipinski definition) is 1. The Hall–Kier alpha value is -2.23. The van der Waals surface area contributed by atoms with Crippen molar-refractivity contribution in [3.05, 3.63) is 53.9 Å². The molecule has 2 heterocycles. The first-order valence-corrected chi connectivity index (χ1v) is 8.38. The third-order valence-electron chi connectivity index (χ3n) is 4.53. The molecule has 2 amide bonds. The summed E-state index contributed by atoms with van der Waals surface area (Å²) in [5.74, 6) is 0.592. The molecule has 2 aromatic rings. The number of urea groups is 1. The topological polar surface area (TPSA) is 37.3 Å². The highest BCUT2D eigenvalue weighted by Crippen LogP contribution is 2.31. The van der Waals surface area contributed by atoms with E-state index in [1.54, 1.807) is 0 Å². The highest BCUT2D eigenvalue weighted by atomic mass is 16.2. The van der Waals surface area contributed by atoms with Crippen LogP contribution in [-0.4, -0.2) is 22.0 Å². The normalized spacial score (nSPS) is 16.7. The van der Waals surface area contributed by atoms with Crippen molar-refractivity contribution in [1.82, 2.24) is 14.8 Å². The van der Waals surface area contributed by atoms with Crippen LogP contribution >= 0.6 is 0 Å². The number of para-hydroxylation sites is 1. The van der Waals surface area contributed by atoms with Crippen molar-refractivity contribution in [3.8, 4) is 5.69 Å². The molecule has 3 rings (SSSR count). The van der Waals surface area contributed by atoms with Gasteiger partial charge in [0.15, 0.2) is 0 Å². The van der Waals surface area contributed by atoms with E-state index in [0.717, 1.165) is 24.3 Å². The summed E-state index contributed by atoms with van der Waals surface area (Å²) in [5, 5.41) is 3.07. The lowest BCUT2D eigenvalue weighted by Gasteiger charge is -2.28. The molecule has 1 aromatic carbocycles. The Morgan fingerprint density at radius 2 is 2.04 bits per heavy atom. The van der Waals surface area contributed by atoms with E-state index in [1.807, 2.05) is 23.1 Å². The Bertz CT molecular complexity index is 689. The minimum absolute atomic E-state index is 0.0163. The van der Waals surface area contributed by atoms with Gasteiger partial charge in [0.2, 0.25) is 0 Å². The third kappa shape index (κ3) is 3.11. The number of rotatable bonds is 3. The zero-order valence-corrected chi connectivity index (χ0v) is 14.1. The summed E-state index contributed by atoms with van der Waals surface area (Å²) in [7, 11) is 0. The van der Waals surface area contributed by atoms with Gasteiger partial charge in [-0.05, 0) is 43.0 Å². The molecule has 1 atom stereocenters. The van der Waals surface area contributed by atoms with Gasteiger partial charge in [-0.15, -0.1) is 0 Å². The fourth-order valence-electron chi connectivity index (χ4n) is 3.13. The minimum atomic E-state index is 0.0163. The first-order chi connectivity index (χ1) is 11.1. The predicted molar refractivity (Wildman–Crippen MR) is 92.6 cm³/mol. The van der Waals surface area contributed by atoms with Gasteiger partial charge in [0.05, 0.1) is 18.3 Å². The number of aromatic nitrogens is 1. The first-order valence-electron chi connectivity index (χ1n) is 8.38. The maximum atomic E-state index is 12.7. The monoisotopic (exact) mass is 311 g/mol. The molecule has 1 aliphatic heterocycles. The van der Waals surface area contributed by atoms with Crippen LogP contribution in [0.25, 0.3) is 5.69 Å². The zero-order chi connectivity index (χ0) is 16.4. The summed E-state index contributed by atoms with van der Waals surface area (Å²) >= 11 is 0. The molecule has 0 bridgehead atoms. The van der Waals surface area contributed by atoms with Crippen LogP contribution < -0.4 is 5.32 Å². The van der Waals surface area contributed by atoms with Crippen LogP contribution in [0.15, 0.2) is 42.6 Å². The second-order valence-corrected chi connectivity index (χ2v) is 6.65. The molecule has 0 saturated heterocycles. The average molecular weight is 311 g/mol. The third-order valence-corrected chi connectivity index (χ3v) is 4.53. The Balaban J connectivity index is 1.87. The maximum absolute atomic E-state index is 12.7. The Morgan fingerprint density at radius 1 is 1.26 bits per heavy atom. The molecule has 0 saturated carbocycles. The standard InChI is InChI=1S/C19H25N3O/c1-14(2)10-11-20-19(23)22-13-16-7-4-5-8-18(16)21-12-6-9-17(21)15(22)3/h4-9,12,14-15H,10-11,13H2,1-3H3,(H,20,23)/t15-/m0/s1. The molecule has 0 fully saturated rings. The lowest BCUT2D eigenvalue weighted by Crippen LogP contribution is -2.41. The molecule has 1 aliphatic rings. The lowest BCUT2D eigenvalue weighted by molar-refractivity contribution is 0.175. The quantitative estimate of drug-likeness (QED) is 0.910. The van der Waals surface area contributed by atoms with Crippen molar-refractivity contribution in [2.45, 2.75) is 39.8 Å². The summed E-state index contributed by atoms with van der Waals surface area (Å²) in [6.07, 6.45) is 3.08. The van der Waals surface area contributed by atoms with Crippen LogP contribution in [0.5, 0.6) is 0 Å². The van der Waals surface area contributed by atoms with E-state index in [1.165, 1.54) is 5.56 Å². The molecule has 1 aromatic heterocycles. The fraction of sp³-hybridized carbons (Fsp3) is 0.421. The number of amides is 2. The summed E-state index contributed by atoms with van der Waals surface area (Å²) in [6, 6.07) is 12.5. The largest absolute Gasteiger partial charge is 0.338 e. The van der Waals surface area contributed by atoms with Crippen molar-refractivity contribution in [1.29, 1.82) is 0 Å². The van der Waals surface area contributed by atoms with Crippen molar-refractivity contribution in [3.63, 3.8) is 0 Å². The number of benzene rings is 1. The van der Waals surface area contributed by atoms with Crippen LogP contribution in [0.3, 0.4) is 0 Å². The van der Waals surface area contributed by atoms with Gasteiger partial charge in [0.1, 0.15) is 0 Å². The van der Waals surface area contributed by atoms with Gasteiger partial charge in [0, 0.05) is 18.4 Å². The van der Waals surface area contributed by atoms with Crippen molar-refractivity contribution < 1.29 is 4.79 Å². The molecule has 1 N–H and O–H groups in total. The number of nitrogens with one attached hydrogen (secondary N) is 1. The van der Waals surface area contributed by atoms with E-state index < -0.39 is 0 Å². The maximum Gasteiger partial charge on any atom is 0.318 e. The Labute approximate surface area is 138 Å². The molecule has 0 radical (unpaired) electrons. The van der Waals surface area contributed by atoms with Gasteiger partial charge in [-0.2, -0.15) is 0 Å². The number of nitrogens with zero attached hydrogens (tertiary/aromatic N) is 2. The van der Waals surface area contributed by atoms with Crippen LogP contribution in [0.1, 0.15) is 44.5 Å². The smallest absolute Gasteiger partial charge is 0.318 e. The summed E-state index contributed by atoms with van der Waals surface area (Å²) in [5.41, 5.74) is 3.49. The van der Waals surface area contributed by atoms with E-state index in [0.29, 0.717) is 12.5 Å². The lowest BCUT2D eigenvalue weighted by atomic mass is 10.1. The van der Waals surface area contributed by atoms with Gasteiger partial charge in [0.25, 0.3) is 0 Å². The predicted octanol–water partition coefficient (Wildman–Crippen LogP) is 4.11. The molecule has 122 valence electrons. The molecular formula is C19H25N3O. The van der Waals surface area contributed by atoms with Crippen LogP contribution in [-0.2, 0) is 6.54 Å². The van der Waals surface area contributed by atoms with E-state index >= 15 is 0 Å². The van der Waals surface area contributed by atoms with Crippen LogP contribution in [0, 0.1) is 5.92 Å². The van der Waals surface area contributed by atoms with Gasteiger partial charge >= 0.3 is 6.03 Å². The molecule has 23 heavy (non-hydrogen) atoms. The Morgan fingerprint density at radius 3 is 2.83 bits per heavy atom. The molecule has 0 aliphatic carbocycles. The molecule has 0 spiro atoms. The minimum Gasteiger partial charge on any atom is -0.338 e. The van der Waals surface area contributed by atoms with E-state index in [2.05, 4.69) is 55.1 Å². The second kappa shape index (κ2) is 6.49. The van der Waals surface area contributed by atoms with Gasteiger partial charge in [-0.3, -0.25) is 0 Å². The van der Waals surface area contributed by atoms with Crippen molar-refractivity contribution >= 4 is 6.03 Å². The van der Waals surface area contributed by atoms with Gasteiger partial charge in [-0.1, -0.05) is 32.0 Å². The van der Waals surface area contributed by atoms with Gasteiger partial charge < -0.3 is 14.8 Å². The van der Waals surface area contributed by atoms with E-state index in [4.69, 9.17) is 0 Å². The van der Waals surface area contributed by atoms with E-state index in [9.17, 15) is 4.79 Å². The van der Waals surface area contributed by atoms with E-state index in [-0.39, 0.29) is 12.1 Å². The first kappa shape index (κ1) is 15.7. The SMILES string of the molecule is CC(C)CCNC(=O)N1Cc2ccccc2-n2cccc2[C@@H]1C. The number of carbonyl (C=O) groups excluding carboxylic acids is 1. The summed E-state index contributed by atoms with van der Waals surface area (Å²) < 4.78 is 2.20. The summed E-state index contributed by atoms with van der Waals surface area (Å²) in [4.78, 5) is 14.6. The van der Waals surface area contributed by atoms with Crippen molar-refractivity contribution in [2.75, 3.05) is 6.54 Å². The fourth-order valence-corrected chi connectivity index (χ4v) is 3.13. The molecule has 0 unspecified atom stereocenters. The Kier molecular flexibility index (Phi) is 4.42. The molecule has 4 nitrogen and oxygen atoms in total. The summed E-state index contributed by atoms with van der Waals surface area (Å²) in [6.45, 7) is 7.79. The van der Waals surface area contributed by atoms with Crippen molar-refractivity contribution in [2.24, 2.45) is 5.92 Å². The molecular weight excluding hydrogens is 286 g/mol. The second-order valence-electron chi connectivity index (χ2n) is 6.65. The van der Waals surface area contributed by atoms with Crippen LogP contribution in [0.4, 0.5) is 4.79 Å². The van der Waals surface area contributed by atoms with Crippen LogP contribution in [0.2, 0.25) is 0 Å². The van der Waals surface area contributed by atoms with Gasteiger partial charge in [-0.25, -0.2) is 4.79 Å². The highest BCUT2D eigenvalue weighted by Gasteiger charge is 2.28. The average Bonchev–Trinajstić information content (AvgIpc) is 2.97. The number of carbonyl (C=O) groups is 1. The zero-order valence-electron chi connectivity index (χ0n) is 14.1. The highest BCUT2D eigenvalue weighted by molar-refractivity contribution is 5.75. The number of hydrogen-bond acceptors (Lipinski definition) is 1. The molecule has 4 heteroatoms. The number of fused-ring (bicyclic) bond motifs is 3.